The highest BCUT2D eigenvalue weighted by atomic mass is 35.5. The van der Waals surface area contributed by atoms with Crippen molar-refractivity contribution < 1.29 is 0 Å². The minimum Gasteiger partial charge on any atom is -0.384 e. The number of hydrogen-bond acceptors (Lipinski definition) is 3. The Hall–Kier alpha value is -0.410. The zero-order valence-corrected chi connectivity index (χ0v) is 10.1. The number of halogens is 1. The first-order valence-electron chi connectivity index (χ1n) is 4.59. The molecule has 0 unspecified atom stereocenters. The molecular formula is C10H15ClN2S. The van der Waals surface area contributed by atoms with Crippen LogP contribution in [0.15, 0.2) is 12.3 Å². The Kier molecular flexibility index (Phi) is 5.12. The minimum atomic E-state index is 0.583. The van der Waals surface area contributed by atoms with Crippen LogP contribution in [-0.2, 0) is 0 Å². The molecule has 0 aliphatic heterocycles. The summed E-state index contributed by atoms with van der Waals surface area (Å²) in [7, 11) is 0. The van der Waals surface area contributed by atoms with Crippen LogP contribution in [0, 0.1) is 6.92 Å². The Morgan fingerprint density at radius 1 is 1.57 bits per heavy atom. The van der Waals surface area contributed by atoms with Crippen LogP contribution < -0.4 is 5.32 Å². The lowest BCUT2D eigenvalue weighted by atomic mass is 10.3. The Labute approximate surface area is 94.5 Å². The van der Waals surface area contributed by atoms with Crippen LogP contribution in [0.3, 0.4) is 0 Å². The quantitative estimate of drug-likeness (QED) is 0.621. The zero-order valence-electron chi connectivity index (χ0n) is 8.51. The van der Waals surface area contributed by atoms with E-state index in [1.807, 2.05) is 24.8 Å². The maximum atomic E-state index is 5.82. The molecule has 1 rings (SSSR count). The second kappa shape index (κ2) is 6.14. The van der Waals surface area contributed by atoms with Crippen LogP contribution in [0.25, 0.3) is 0 Å². The van der Waals surface area contributed by atoms with Gasteiger partial charge in [0.05, 0.1) is 11.9 Å². The molecule has 4 heteroatoms. The summed E-state index contributed by atoms with van der Waals surface area (Å²) in [6.45, 7) is 2.95. The molecule has 0 saturated carbocycles. The average molecular weight is 231 g/mol. The highest BCUT2D eigenvalue weighted by Gasteiger charge is 1.97. The standard InChI is InChI=1S/C10H15ClN2S/c1-8-6-9(7-13-10(8)11)12-4-3-5-14-2/h6-7,12H,3-5H2,1-2H3. The first-order chi connectivity index (χ1) is 6.74. The fraction of sp³-hybridized carbons (Fsp3) is 0.500. The summed E-state index contributed by atoms with van der Waals surface area (Å²) in [5.41, 5.74) is 2.06. The van der Waals surface area contributed by atoms with Crippen LogP contribution in [0.5, 0.6) is 0 Å². The third-order valence-corrected chi connectivity index (χ3v) is 2.96. The van der Waals surface area contributed by atoms with Crippen molar-refractivity contribution in [3.05, 3.63) is 23.0 Å². The summed E-state index contributed by atoms with van der Waals surface area (Å²) in [5.74, 6) is 1.19. The molecule has 2 nitrogen and oxygen atoms in total. The van der Waals surface area contributed by atoms with Gasteiger partial charge in [-0.15, -0.1) is 0 Å². The smallest absolute Gasteiger partial charge is 0.132 e. The first kappa shape index (κ1) is 11.7. The van der Waals surface area contributed by atoms with Gasteiger partial charge in [-0.3, -0.25) is 0 Å². The van der Waals surface area contributed by atoms with Crippen molar-refractivity contribution in [2.75, 3.05) is 23.9 Å². The zero-order chi connectivity index (χ0) is 10.4. The summed E-state index contributed by atoms with van der Waals surface area (Å²) >= 11 is 7.69. The van der Waals surface area contributed by atoms with Gasteiger partial charge in [0.15, 0.2) is 0 Å². The van der Waals surface area contributed by atoms with Crippen molar-refractivity contribution in [2.24, 2.45) is 0 Å². The van der Waals surface area contributed by atoms with Crippen LogP contribution >= 0.6 is 23.4 Å². The summed E-state index contributed by atoms with van der Waals surface area (Å²) in [4.78, 5) is 4.08. The van der Waals surface area contributed by atoms with Gasteiger partial charge in [0.1, 0.15) is 5.15 Å². The van der Waals surface area contributed by atoms with E-state index in [4.69, 9.17) is 11.6 Å². The maximum Gasteiger partial charge on any atom is 0.132 e. The first-order valence-corrected chi connectivity index (χ1v) is 6.36. The van der Waals surface area contributed by atoms with Crippen molar-refractivity contribution in [1.82, 2.24) is 4.98 Å². The van der Waals surface area contributed by atoms with Crippen molar-refractivity contribution in [3.63, 3.8) is 0 Å². The van der Waals surface area contributed by atoms with Crippen LogP contribution in [0.1, 0.15) is 12.0 Å². The molecule has 0 amide bonds. The molecule has 0 spiro atoms. The Morgan fingerprint density at radius 3 is 3.00 bits per heavy atom. The second-order valence-electron chi connectivity index (χ2n) is 3.10. The number of nitrogens with one attached hydrogen (secondary N) is 1. The number of rotatable bonds is 5. The minimum absolute atomic E-state index is 0.583. The summed E-state index contributed by atoms with van der Waals surface area (Å²) in [5, 5.41) is 3.90. The van der Waals surface area contributed by atoms with Crippen molar-refractivity contribution in [2.45, 2.75) is 13.3 Å². The SMILES string of the molecule is CSCCCNc1cnc(Cl)c(C)c1. The number of hydrogen-bond donors (Lipinski definition) is 1. The van der Waals surface area contributed by atoms with Gasteiger partial charge in [-0.25, -0.2) is 4.98 Å². The Bertz CT molecular complexity index is 291. The van der Waals surface area contributed by atoms with E-state index in [0.717, 1.165) is 17.8 Å². The number of aromatic nitrogens is 1. The van der Waals surface area contributed by atoms with Crippen molar-refractivity contribution in [1.29, 1.82) is 0 Å². The van der Waals surface area contributed by atoms with Crippen LogP contribution in [-0.4, -0.2) is 23.5 Å². The molecule has 0 radical (unpaired) electrons. The number of aryl methyl sites for hydroxylation is 1. The molecule has 1 aromatic rings. The molecule has 0 saturated heterocycles. The number of thioether (sulfide) groups is 1. The monoisotopic (exact) mass is 230 g/mol. The maximum absolute atomic E-state index is 5.82. The van der Waals surface area contributed by atoms with Crippen molar-refractivity contribution >= 4 is 29.1 Å². The highest BCUT2D eigenvalue weighted by molar-refractivity contribution is 7.98. The van der Waals surface area contributed by atoms with Gasteiger partial charge in [-0.2, -0.15) is 11.8 Å². The topological polar surface area (TPSA) is 24.9 Å². The van der Waals surface area contributed by atoms with E-state index >= 15 is 0 Å². The molecular weight excluding hydrogens is 216 g/mol. The van der Waals surface area contributed by atoms with E-state index in [-0.39, 0.29) is 0 Å². The molecule has 0 aliphatic carbocycles. The number of pyridine rings is 1. The van der Waals surface area contributed by atoms with E-state index in [2.05, 4.69) is 16.6 Å². The molecule has 0 atom stereocenters. The predicted molar refractivity (Wildman–Crippen MR) is 65.5 cm³/mol. The van der Waals surface area contributed by atoms with Gasteiger partial charge in [-0.1, -0.05) is 11.6 Å². The summed E-state index contributed by atoms with van der Waals surface area (Å²) in [6.07, 6.45) is 5.06. The predicted octanol–water partition coefficient (Wildman–Crippen LogP) is 3.21. The molecule has 1 aromatic heterocycles. The second-order valence-corrected chi connectivity index (χ2v) is 4.45. The fourth-order valence-electron chi connectivity index (χ4n) is 1.10. The largest absolute Gasteiger partial charge is 0.384 e. The van der Waals surface area contributed by atoms with E-state index in [9.17, 15) is 0 Å². The normalized spacial score (nSPS) is 10.2. The Morgan fingerprint density at radius 2 is 2.36 bits per heavy atom. The molecule has 0 aromatic carbocycles. The van der Waals surface area contributed by atoms with Gasteiger partial charge in [0, 0.05) is 6.54 Å². The molecule has 0 aliphatic rings. The van der Waals surface area contributed by atoms with Crippen molar-refractivity contribution in [3.8, 4) is 0 Å². The lowest BCUT2D eigenvalue weighted by Crippen LogP contribution is -2.03. The fourth-order valence-corrected chi connectivity index (χ4v) is 1.64. The highest BCUT2D eigenvalue weighted by Crippen LogP contribution is 2.15. The van der Waals surface area contributed by atoms with Crippen LogP contribution in [0.2, 0.25) is 5.15 Å². The third-order valence-electron chi connectivity index (χ3n) is 1.87. The molecule has 0 bridgehead atoms. The molecule has 14 heavy (non-hydrogen) atoms. The number of nitrogens with zero attached hydrogens (tertiary/aromatic N) is 1. The van der Waals surface area contributed by atoms with E-state index in [1.54, 1.807) is 6.20 Å². The molecule has 78 valence electrons. The molecule has 1 heterocycles. The van der Waals surface area contributed by atoms with Crippen LogP contribution in [0.4, 0.5) is 5.69 Å². The van der Waals surface area contributed by atoms with Gasteiger partial charge in [-0.05, 0) is 37.0 Å². The lowest BCUT2D eigenvalue weighted by Gasteiger charge is -2.06. The van der Waals surface area contributed by atoms with Gasteiger partial charge in [0.2, 0.25) is 0 Å². The van der Waals surface area contributed by atoms with Gasteiger partial charge < -0.3 is 5.32 Å². The van der Waals surface area contributed by atoms with E-state index in [0.29, 0.717) is 5.15 Å². The lowest BCUT2D eigenvalue weighted by molar-refractivity contribution is 0.990. The number of anilines is 1. The Balaban J connectivity index is 2.39. The molecule has 1 N–H and O–H groups in total. The van der Waals surface area contributed by atoms with Gasteiger partial charge in [0.25, 0.3) is 0 Å². The van der Waals surface area contributed by atoms with Gasteiger partial charge >= 0.3 is 0 Å². The summed E-state index contributed by atoms with van der Waals surface area (Å²) < 4.78 is 0. The summed E-state index contributed by atoms with van der Waals surface area (Å²) in [6, 6.07) is 2.02. The van der Waals surface area contributed by atoms with E-state index in [1.165, 1.54) is 12.2 Å². The third kappa shape index (κ3) is 3.76. The van der Waals surface area contributed by atoms with E-state index < -0.39 is 0 Å². The molecule has 0 fully saturated rings. The average Bonchev–Trinajstić information content (AvgIpc) is 2.18.